The molecule has 158 valence electrons. The molecular weight excluding hydrogens is 398 g/mol. The van der Waals surface area contributed by atoms with E-state index in [0.29, 0.717) is 35.0 Å². The molecule has 0 bridgehead atoms. The quantitative estimate of drug-likeness (QED) is 0.535. The second kappa shape index (κ2) is 8.97. The van der Waals surface area contributed by atoms with Gasteiger partial charge in [0.25, 0.3) is 0 Å². The summed E-state index contributed by atoms with van der Waals surface area (Å²) in [5.41, 5.74) is 6.88. The van der Waals surface area contributed by atoms with E-state index in [2.05, 4.69) is 20.0 Å². The zero-order valence-corrected chi connectivity index (χ0v) is 17.6. The number of benzene rings is 2. The highest BCUT2D eigenvalue weighted by Gasteiger charge is 2.23. The lowest BCUT2D eigenvalue weighted by Crippen LogP contribution is -2.32. The van der Waals surface area contributed by atoms with Crippen molar-refractivity contribution in [3.8, 4) is 0 Å². The fourth-order valence-electron chi connectivity index (χ4n) is 3.97. The summed E-state index contributed by atoms with van der Waals surface area (Å²) >= 11 is 0. The maximum Gasteiger partial charge on any atom is 0.240 e. The SMILES string of the molecule is Nc1nc(NC[C@H]2CC[C@H](CNS(=O)(=O)c3ccccc3)CC2)nc2ccccc12. The first-order valence-corrected chi connectivity index (χ1v) is 11.8. The predicted octanol–water partition coefficient (Wildman–Crippen LogP) is 3.41. The van der Waals surface area contributed by atoms with Gasteiger partial charge in [0.1, 0.15) is 5.82 Å². The Morgan fingerprint density at radius 1 is 0.867 bits per heavy atom. The Labute approximate surface area is 177 Å². The summed E-state index contributed by atoms with van der Waals surface area (Å²) in [6, 6.07) is 16.2. The van der Waals surface area contributed by atoms with E-state index < -0.39 is 10.0 Å². The van der Waals surface area contributed by atoms with Gasteiger partial charge in [-0.25, -0.2) is 18.1 Å². The molecule has 2 aromatic carbocycles. The van der Waals surface area contributed by atoms with Crippen molar-refractivity contribution in [2.75, 3.05) is 24.1 Å². The fraction of sp³-hybridized carbons (Fsp3) is 0.364. The third kappa shape index (κ3) is 4.88. The van der Waals surface area contributed by atoms with Gasteiger partial charge in [-0.2, -0.15) is 4.98 Å². The van der Waals surface area contributed by atoms with E-state index in [1.165, 1.54) is 0 Å². The molecule has 4 rings (SSSR count). The summed E-state index contributed by atoms with van der Waals surface area (Å²) in [5.74, 6) is 1.93. The van der Waals surface area contributed by atoms with Gasteiger partial charge in [0.05, 0.1) is 10.4 Å². The number of fused-ring (bicyclic) bond motifs is 1. The summed E-state index contributed by atoms with van der Waals surface area (Å²) in [7, 11) is -3.43. The van der Waals surface area contributed by atoms with Crippen molar-refractivity contribution in [3.05, 3.63) is 54.6 Å². The van der Waals surface area contributed by atoms with E-state index in [-0.39, 0.29) is 0 Å². The van der Waals surface area contributed by atoms with Crippen LogP contribution in [0.4, 0.5) is 11.8 Å². The van der Waals surface area contributed by atoms with Crippen LogP contribution in [0.5, 0.6) is 0 Å². The molecule has 0 atom stereocenters. The van der Waals surface area contributed by atoms with Crippen molar-refractivity contribution in [1.29, 1.82) is 0 Å². The molecule has 4 N–H and O–H groups in total. The summed E-state index contributed by atoms with van der Waals surface area (Å²) in [6.45, 7) is 1.28. The molecule has 3 aromatic rings. The molecule has 0 saturated heterocycles. The van der Waals surface area contributed by atoms with E-state index in [0.717, 1.165) is 43.1 Å². The molecular formula is C22H27N5O2S. The Hall–Kier alpha value is -2.71. The third-order valence-electron chi connectivity index (χ3n) is 5.76. The van der Waals surface area contributed by atoms with Gasteiger partial charge in [-0.05, 0) is 61.8 Å². The standard InChI is InChI=1S/C22H27N5O2S/c23-21-19-8-4-5-9-20(19)26-22(27-21)24-14-16-10-12-17(13-11-16)15-25-30(28,29)18-6-2-1-3-7-18/h1-9,16-17,25H,10-15H2,(H3,23,24,26,27)/t16-,17-. The number of nitrogens with one attached hydrogen (secondary N) is 2. The molecule has 1 fully saturated rings. The number of nitrogens with zero attached hydrogens (tertiary/aromatic N) is 2. The molecule has 1 saturated carbocycles. The number of para-hydroxylation sites is 1. The first kappa shape index (κ1) is 20.6. The number of hydrogen-bond acceptors (Lipinski definition) is 6. The molecule has 1 aromatic heterocycles. The van der Waals surface area contributed by atoms with Crippen LogP contribution >= 0.6 is 0 Å². The number of rotatable bonds is 7. The Morgan fingerprint density at radius 3 is 2.23 bits per heavy atom. The van der Waals surface area contributed by atoms with Gasteiger partial charge in [0, 0.05) is 18.5 Å². The van der Waals surface area contributed by atoms with Gasteiger partial charge < -0.3 is 11.1 Å². The van der Waals surface area contributed by atoms with E-state index in [1.807, 2.05) is 30.3 Å². The largest absolute Gasteiger partial charge is 0.383 e. The van der Waals surface area contributed by atoms with Crippen LogP contribution in [0.25, 0.3) is 10.9 Å². The van der Waals surface area contributed by atoms with Gasteiger partial charge in [-0.1, -0.05) is 30.3 Å². The monoisotopic (exact) mass is 425 g/mol. The average molecular weight is 426 g/mol. The van der Waals surface area contributed by atoms with E-state index in [9.17, 15) is 8.42 Å². The van der Waals surface area contributed by atoms with Crippen LogP contribution in [0.2, 0.25) is 0 Å². The van der Waals surface area contributed by atoms with Crippen LogP contribution in [0, 0.1) is 11.8 Å². The topological polar surface area (TPSA) is 110 Å². The van der Waals surface area contributed by atoms with Crippen LogP contribution in [0.3, 0.4) is 0 Å². The average Bonchev–Trinajstić information content (AvgIpc) is 2.78. The van der Waals surface area contributed by atoms with Crippen LogP contribution in [-0.2, 0) is 10.0 Å². The highest BCUT2D eigenvalue weighted by Crippen LogP contribution is 2.29. The number of anilines is 2. The highest BCUT2D eigenvalue weighted by molar-refractivity contribution is 7.89. The normalized spacial score (nSPS) is 19.6. The molecule has 1 aliphatic carbocycles. The third-order valence-corrected chi connectivity index (χ3v) is 7.20. The zero-order valence-electron chi connectivity index (χ0n) is 16.8. The van der Waals surface area contributed by atoms with Gasteiger partial charge >= 0.3 is 0 Å². The number of hydrogen-bond donors (Lipinski definition) is 3. The maximum absolute atomic E-state index is 12.4. The Balaban J connectivity index is 1.25. The van der Waals surface area contributed by atoms with Crippen molar-refractivity contribution >= 4 is 32.7 Å². The van der Waals surface area contributed by atoms with Crippen molar-refractivity contribution in [1.82, 2.24) is 14.7 Å². The molecule has 7 nitrogen and oxygen atoms in total. The van der Waals surface area contributed by atoms with Gasteiger partial charge in [0.2, 0.25) is 16.0 Å². The lowest BCUT2D eigenvalue weighted by Gasteiger charge is -2.28. The molecule has 0 amide bonds. The van der Waals surface area contributed by atoms with Gasteiger partial charge in [-0.15, -0.1) is 0 Å². The fourth-order valence-corrected chi connectivity index (χ4v) is 5.10. The number of nitrogens with two attached hydrogens (primary N) is 1. The zero-order chi connectivity index (χ0) is 21.0. The minimum absolute atomic E-state index is 0.317. The predicted molar refractivity (Wildman–Crippen MR) is 120 cm³/mol. The molecule has 1 heterocycles. The minimum Gasteiger partial charge on any atom is -0.383 e. The second-order valence-corrected chi connectivity index (χ2v) is 9.65. The van der Waals surface area contributed by atoms with Gasteiger partial charge in [0.15, 0.2) is 0 Å². The summed E-state index contributed by atoms with van der Waals surface area (Å²) < 4.78 is 27.5. The Morgan fingerprint density at radius 2 is 1.50 bits per heavy atom. The van der Waals surface area contributed by atoms with Crippen LogP contribution in [0.1, 0.15) is 25.7 Å². The lowest BCUT2D eigenvalue weighted by atomic mass is 9.82. The summed E-state index contributed by atoms with van der Waals surface area (Å²) in [5, 5.41) is 4.19. The van der Waals surface area contributed by atoms with E-state index >= 15 is 0 Å². The van der Waals surface area contributed by atoms with E-state index in [1.54, 1.807) is 24.3 Å². The molecule has 0 aliphatic heterocycles. The van der Waals surface area contributed by atoms with Crippen LogP contribution in [-0.4, -0.2) is 31.5 Å². The number of aromatic nitrogens is 2. The van der Waals surface area contributed by atoms with Crippen molar-refractivity contribution in [2.24, 2.45) is 11.8 Å². The molecule has 8 heteroatoms. The lowest BCUT2D eigenvalue weighted by molar-refractivity contribution is 0.284. The molecule has 0 radical (unpaired) electrons. The van der Waals surface area contributed by atoms with Crippen LogP contribution in [0.15, 0.2) is 59.5 Å². The molecule has 0 spiro atoms. The number of nitrogen functional groups attached to an aromatic ring is 1. The first-order valence-electron chi connectivity index (χ1n) is 10.3. The maximum atomic E-state index is 12.4. The number of sulfonamides is 1. The van der Waals surface area contributed by atoms with Crippen LogP contribution < -0.4 is 15.8 Å². The highest BCUT2D eigenvalue weighted by atomic mass is 32.2. The Kier molecular flexibility index (Phi) is 6.15. The summed E-state index contributed by atoms with van der Waals surface area (Å²) in [4.78, 5) is 9.22. The minimum atomic E-state index is -3.43. The van der Waals surface area contributed by atoms with Crippen molar-refractivity contribution in [2.45, 2.75) is 30.6 Å². The first-order chi connectivity index (χ1) is 14.5. The molecule has 0 unspecified atom stereocenters. The molecule has 1 aliphatic rings. The van der Waals surface area contributed by atoms with E-state index in [4.69, 9.17) is 5.73 Å². The van der Waals surface area contributed by atoms with Gasteiger partial charge in [-0.3, -0.25) is 0 Å². The summed E-state index contributed by atoms with van der Waals surface area (Å²) in [6.07, 6.45) is 4.11. The molecule has 30 heavy (non-hydrogen) atoms. The Bertz CT molecular complexity index is 1100. The smallest absolute Gasteiger partial charge is 0.240 e. The second-order valence-electron chi connectivity index (χ2n) is 7.88. The van der Waals surface area contributed by atoms with Crippen molar-refractivity contribution < 1.29 is 8.42 Å². The van der Waals surface area contributed by atoms with Crippen molar-refractivity contribution in [3.63, 3.8) is 0 Å².